The molecule has 1 saturated heterocycles. The molecule has 2 aromatic carbocycles. The van der Waals surface area contributed by atoms with Crippen LogP contribution < -0.4 is 9.64 Å². The Bertz CT molecular complexity index is 856. The molecule has 1 aliphatic heterocycles. The first-order valence-electron chi connectivity index (χ1n) is 8.07. The molecule has 3 nitrogen and oxygen atoms in total. The van der Waals surface area contributed by atoms with E-state index in [9.17, 15) is 4.79 Å². The highest BCUT2D eigenvalue weighted by Gasteiger charge is 2.33. The number of benzene rings is 2. The number of aryl methyl sites for hydroxylation is 2. The first kappa shape index (κ1) is 17.7. The molecule has 0 saturated carbocycles. The third-order valence-electron chi connectivity index (χ3n) is 3.88. The second-order valence-electron chi connectivity index (χ2n) is 5.81. The normalized spacial score (nSPS) is 16.0. The van der Waals surface area contributed by atoms with Crippen molar-refractivity contribution in [2.75, 3.05) is 11.5 Å². The number of rotatable bonds is 4. The van der Waals surface area contributed by atoms with Crippen LogP contribution in [-0.2, 0) is 4.79 Å². The van der Waals surface area contributed by atoms with E-state index < -0.39 is 0 Å². The van der Waals surface area contributed by atoms with Gasteiger partial charge in [-0.2, -0.15) is 0 Å². The zero-order valence-electron chi connectivity index (χ0n) is 14.4. The van der Waals surface area contributed by atoms with Gasteiger partial charge in [-0.15, -0.1) is 0 Å². The highest BCUT2D eigenvalue weighted by atomic mass is 32.2. The van der Waals surface area contributed by atoms with Gasteiger partial charge in [-0.05, 0) is 56.2 Å². The molecule has 3 rings (SSSR count). The number of carbonyl (C=O) groups excluding carboxylic acids is 1. The average Bonchev–Trinajstić information content (AvgIpc) is 2.84. The molecule has 0 radical (unpaired) electrons. The van der Waals surface area contributed by atoms with Crippen molar-refractivity contribution in [3.63, 3.8) is 0 Å². The Morgan fingerprint density at radius 3 is 2.52 bits per heavy atom. The van der Waals surface area contributed by atoms with Gasteiger partial charge in [0.2, 0.25) is 0 Å². The molecular weight excluding hydrogens is 350 g/mol. The van der Waals surface area contributed by atoms with Crippen LogP contribution >= 0.6 is 24.0 Å². The minimum Gasteiger partial charge on any atom is -0.494 e. The van der Waals surface area contributed by atoms with Crippen LogP contribution in [-0.4, -0.2) is 16.8 Å². The molecule has 0 aliphatic carbocycles. The van der Waals surface area contributed by atoms with E-state index >= 15 is 0 Å². The molecule has 0 bridgehead atoms. The molecule has 2 aromatic rings. The van der Waals surface area contributed by atoms with Crippen molar-refractivity contribution in [3.8, 4) is 5.75 Å². The first-order valence-corrected chi connectivity index (χ1v) is 9.30. The number of thiocarbonyl (C=S) groups is 1. The summed E-state index contributed by atoms with van der Waals surface area (Å²) in [4.78, 5) is 15.1. The molecule has 0 N–H and O–H groups in total. The van der Waals surface area contributed by atoms with Gasteiger partial charge in [0.25, 0.3) is 5.91 Å². The summed E-state index contributed by atoms with van der Waals surface area (Å²) in [5.41, 5.74) is 4.00. The smallest absolute Gasteiger partial charge is 0.270 e. The number of thioether (sulfide) groups is 1. The second-order valence-corrected chi connectivity index (χ2v) is 7.48. The maximum atomic E-state index is 12.9. The molecule has 1 heterocycles. The molecule has 0 aromatic heterocycles. The quantitative estimate of drug-likeness (QED) is 0.553. The Balaban J connectivity index is 1.87. The lowest BCUT2D eigenvalue weighted by atomic mass is 10.1. The Morgan fingerprint density at radius 2 is 1.88 bits per heavy atom. The largest absolute Gasteiger partial charge is 0.494 e. The summed E-state index contributed by atoms with van der Waals surface area (Å²) in [6.07, 6.45) is 1.87. The lowest BCUT2D eigenvalue weighted by molar-refractivity contribution is -0.113. The number of nitrogens with zero attached hydrogens (tertiary/aromatic N) is 1. The van der Waals surface area contributed by atoms with Gasteiger partial charge in [0.15, 0.2) is 4.32 Å². The van der Waals surface area contributed by atoms with Crippen LogP contribution in [0.25, 0.3) is 6.08 Å². The fraction of sp³-hybridized carbons (Fsp3) is 0.200. The lowest BCUT2D eigenvalue weighted by Gasteiger charge is -2.17. The van der Waals surface area contributed by atoms with Crippen molar-refractivity contribution in [1.29, 1.82) is 0 Å². The SMILES string of the molecule is CCOc1ccc(C=C2SC(=S)N(c3ccc(C)cc3C)C2=O)cc1. The third-order valence-corrected chi connectivity index (χ3v) is 5.18. The summed E-state index contributed by atoms with van der Waals surface area (Å²) in [5, 5.41) is 0. The second kappa shape index (κ2) is 7.42. The van der Waals surface area contributed by atoms with Gasteiger partial charge in [0.1, 0.15) is 5.75 Å². The predicted octanol–water partition coefficient (Wildman–Crippen LogP) is 5.11. The number of anilines is 1. The molecule has 0 atom stereocenters. The molecule has 1 fully saturated rings. The third kappa shape index (κ3) is 3.78. The monoisotopic (exact) mass is 369 g/mol. The van der Waals surface area contributed by atoms with Crippen molar-refractivity contribution in [2.24, 2.45) is 0 Å². The summed E-state index contributed by atoms with van der Waals surface area (Å²) in [6.45, 7) is 6.62. The van der Waals surface area contributed by atoms with E-state index in [1.54, 1.807) is 4.90 Å². The van der Waals surface area contributed by atoms with Crippen molar-refractivity contribution >= 4 is 46.0 Å². The summed E-state index contributed by atoms with van der Waals surface area (Å²) >= 11 is 6.78. The zero-order chi connectivity index (χ0) is 18.0. The number of ether oxygens (including phenoxy) is 1. The number of hydrogen-bond acceptors (Lipinski definition) is 4. The Morgan fingerprint density at radius 1 is 1.16 bits per heavy atom. The van der Waals surface area contributed by atoms with Crippen molar-refractivity contribution in [3.05, 3.63) is 64.1 Å². The lowest BCUT2D eigenvalue weighted by Crippen LogP contribution is -2.28. The molecule has 0 unspecified atom stereocenters. The van der Waals surface area contributed by atoms with E-state index in [-0.39, 0.29) is 5.91 Å². The summed E-state index contributed by atoms with van der Waals surface area (Å²) in [6, 6.07) is 13.7. The van der Waals surface area contributed by atoms with Crippen molar-refractivity contribution < 1.29 is 9.53 Å². The summed E-state index contributed by atoms with van der Waals surface area (Å²) < 4.78 is 6.01. The topological polar surface area (TPSA) is 29.5 Å². The van der Waals surface area contributed by atoms with Crippen LogP contribution in [0.15, 0.2) is 47.4 Å². The van der Waals surface area contributed by atoms with E-state index in [4.69, 9.17) is 17.0 Å². The average molecular weight is 370 g/mol. The molecule has 1 aliphatic rings. The molecule has 1 amide bonds. The van der Waals surface area contributed by atoms with E-state index in [0.29, 0.717) is 15.8 Å². The number of amides is 1. The van der Waals surface area contributed by atoms with Crippen LogP contribution in [0.2, 0.25) is 0 Å². The predicted molar refractivity (Wildman–Crippen MR) is 109 cm³/mol. The molecular formula is C20H19NO2S2. The Labute approximate surface area is 157 Å². The molecule has 5 heteroatoms. The molecule has 128 valence electrons. The van der Waals surface area contributed by atoms with Crippen LogP contribution in [0.5, 0.6) is 5.75 Å². The van der Waals surface area contributed by atoms with Crippen molar-refractivity contribution in [2.45, 2.75) is 20.8 Å². The van der Waals surface area contributed by atoms with E-state index in [0.717, 1.165) is 28.1 Å². The fourth-order valence-electron chi connectivity index (χ4n) is 2.71. The summed E-state index contributed by atoms with van der Waals surface area (Å²) in [5.74, 6) is 0.748. The van der Waals surface area contributed by atoms with Crippen LogP contribution in [0, 0.1) is 13.8 Å². The van der Waals surface area contributed by atoms with Gasteiger partial charge in [0, 0.05) is 0 Å². The highest BCUT2D eigenvalue weighted by molar-refractivity contribution is 8.27. The van der Waals surface area contributed by atoms with Crippen LogP contribution in [0.3, 0.4) is 0 Å². The maximum Gasteiger partial charge on any atom is 0.270 e. The molecule has 0 spiro atoms. The van der Waals surface area contributed by atoms with Gasteiger partial charge in [-0.25, -0.2) is 0 Å². The maximum absolute atomic E-state index is 12.9. The first-order chi connectivity index (χ1) is 12.0. The van der Waals surface area contributed by atoms with Crippen molar-refractivity contribution in [1.82, 2.24) is 0 Å². The standard InChI is InChI=1S/C20H19NO2S2/c1-4-23-16-8-6-15(7-9-16)12-18-19(22)21(20(24)25-18)17-10-5-13(2)11-14(17)3/h5-12H,4H2,1-3H3. The van der Waals surface area contributed by atoms with Gasteiger partial charge in [-0.3, -0.25) is 9.69 Å². The fourth-order valence-corrected chi connectivity index (χ4v) is 3.99. The number of carbonyl (C=O) groups is 1. The Hall–Kier alpha value is -2.11. The van der Waals surface area contributed by atoms with Gasteiger partial charge in [0.05, 0.1) is 17.2 Å². The van der Waals surface area contributed by atoms with E-state index in [2.05, 4.69) is 6.07 Å². The highest BCUT2D eigenvalue weighted by Crippen LogP contribution is 2.37. The minimum atomic E-state index is -0.0733. The molecule has 25 heavy (non-hydrogen) atoms. The van der Waals surface area contributed by atoms with Gasteiger partial charge >= 0.3 is 0 Å². The van der Waals surface area contributed by atoms with Gasteiger partial charge in [-0.1, -0.05) is 53.8 Å². The van der Waals surface area contributed by atoms with Crippen LogP contribution in [0.4, 0.5) is 5.69 Å². The minimum absolute atomic E-state index is 0.0733. The van der Waals surface area contributed by atoms with E-state index in [1.165, 1.54) is 11.8 Å². The van der Waals surface area contributed by atoms with E-state index in [1.807, 2.05) is 63.2 Å². The van der Waals surface area contributed by atoms with Gasteiger partial charge < -0.3 is 4.74 Å². The summed E-state index contributed by atoms with van der Waals surface area (Å²) in [7, 11) is 0. The van der Waals surface area contributed by atoms with Crippen LogP contribution in [0.1, 0.15) is 23.6 Å². The Kier molecular flexibility index (Phi) is 5.25. The zero-order valence-corrected chi connectivity index (χ0v) is 16.0. The number of hydrogen-bond donors (Lipinski definition) is 0.